The molecule has 1 aliphatic rings. The summed E-state index contributed by atoms with van der Waals surface area (Å²) in [7, 11) is 0. The number of nitrogens with zero attached hydrogens (tertiary/aromatic N) is 3. The van der Waals surface area contributed by atoms with Crippen LogP contribution in [0.4, 0.5) is 5.13 Å². The Balaban J connectivity index is 2.01. The smallest absolute Gasteiger partial charge is 0.205 e. The highest BCUT2D eigenvalue weighted by molar-refractivity contribution is 7.09. The molecule has 1 aromatic rings. The average molecular weight is 254 g/mol. The standard InChI is InChI=1S/C12H22N4S/c1-9(2)13-8-11-6-4-5-7-16(11)12-14-10(3)15-17-12/h9,11,13H,4-8H2,1-3H3. The molecule has 0 amide bonds. The first kappa shape index (κ1) is 12.8. The molecule has 1 saturated heterocycles. The molecule has 96 valence electrons. The van der Waals surface area contributed by atoms with Gasteiger partial charge in [-0.2, -0.15) is 4.37 Å². The molecule has 2 heterocycles. The van der Waals surface area contributed by atoms with Crippen molar-refractivity contribution >= 4 is 16.7 Å². The van der Waals surface area contributed by atoms with Gasteiger partial charge in [-0.15, -0.1) is 0 Å². The monoisotopic (exact) mass is 254 g/mol. The Bertz CT molecular complexity index is 350. The molecule has 0 bridgehead atoms. The number of aromatic nitrogens is 2. The minimum absolute atomic E-state index is 0.551. The molecule has 1 atom stereocenters. The zero-order valence-electron chi connectivity index (χ0n) is 10.9. The molecular formula is C12H22N4S. The molecule has 0 spiro atoms. The molecule has 1 unspecified atom stereocenters. The fraction of sp³-hybridized carbons (Fsp3) is 0.833. The van der Waals surface area contributed by atoms with Crippen LogP contribution in [0.2, 0.25) is 0 Å². The molecule has 1 N–H and O–H groups in total. The van der Waals surface area contributed by atoms with Crippen LogP contribution in [-0.2, 0) is 0 Å². The van der Waals surface area contributed by atoms with Crippen molar-refractivity contribution in [3.8, 4) is 0 Å². The second-order valence-corrected chi connectivity index (χ2v) is 5.76. The molecule has 2 rings (SSSR count). The van der Waals surface area contributed by atoms with E-state index < -0.39 is 0 Å². The van der Waals surface area contributed by atoms with E-state index >= 15 is 0 Å². The molecule has 4 nitrogen and oxygen atoms in total. The van der Waals surface area contributed by atoms with Crippen molar-refractivity contribution in [3.63, 3.8) is 0 Å². The van der Waals surface area contributed by atoms with Crippen molar-refractivity contribution in [1.82, 2.24) is 14.7 Å². The van der Waals surface area contributed by atoms with E-state index in [1.54, 1.807) is 0 Å². The number of hydrogen-bond donors (Lipinski definition) is 1. The summed E-state index contributed by atoms with van der Waals surface area (Å²) in [6.45, 7) is 8.53. The molecule has 5 heteroatoms. The van der Waals surface area contributed by atoms with Crippen molar-refractivity contribution in [1.29, 1.82) is 0 Å². The fourth-order valence-corrected chi connectivity index (χ4v) is 3.01. The van der Waals surface area contributed by atoms with Crippen LogP contribution in [0.3, 0.4) is 0 Å². The first-order valence-corrected chi connectivity index (χ1v) is 7.24. The molecule has 1 aliphatic heterocycles. The van der Waals surface area contributed by atoms with Crippen molar-refractivity contribution in [2.45, 2.75) is 52.1 Å². The van der Waals surface area contributed by atoms with Gasteiger partial charge in [0, 0.05) is 36.7 Å². The number of rotatable bonds is 4. The topological polar surface area (TPSA) is 41.1 Å². The van der Waals surface area contributed by atoms with Crippen molar-refractivity contribution < 1.29 is 0 Å². The lowest BCUT2D eigenvalue weighted by atomic mass is 10.0. The van der Waals surface area contributed by atoms with E-state index in [9.17, 15) is 0 Å². The van der Waals surface area contributed by atoms with E-state index in [1.807, 2.05) is 6.92 Å². The highest BCUT2D eigenvalue weighted by Gasteiger charge is 2.24. The van der Waals surface area contributed by atoms with Crippen LogP contribution in [0, 0.1) is 6.92 Å². The number of aryl methyl sites for hydroxylation is 1. The van der Waals surface area contributed by atoms with Crippen molar-refractivity contribution in [2.75, 3.05) is 18.0 Å². The zero-order chi connectivity index (χ0) is 12.3. The predicted octanol–water partition coefficient (Wildman–Crippen LogP) is 2.20. The molecule has 0 radical (unpaired) electrons. The summed E-state index contributed by atoms with van der Waals surface area (Å²) in [5, 5.41) is 4.63. The largest absolute Gasteiger partial charge is 0.343 e. The first-order chi connectivity index (χ1) is 8.16. The van der Waals surface area contributed by atoms with Crippen LogP contribution < -0.4 is 10.2 Å². The van der Waals surface area contributed by atoms with E-state index in [0.717, 1.165) is 24.0 Å². The van der Waals surface area contributed by atoms with E-state index in [1.165, 1.54) is 30.8 Å². The summed E-state index contributed by atoms with van der Waals surface area (Å²) in [4.78, 5) is 6.95. The van der Waals surface area contributed by atoms with Gasteiger partial charge in [0.05, 0.1) is 0 Å². The van der Waals surface area contributed by atoms with Crippen LogP contribution in [0.5, 0.6) is 0 Å². The minimum atomic E-state index is 0.551. The van der Waals surface area contributed by atoms with Gasteiger partial charge in [-0.1, -0.05) is 13.8 Å². The third-order valence-corrected chi connectivity index (χ3v) is 4.00. The van der Waals surface area contributed by atoms with Crippen LogP contribution in [0.25, 0.3) is 0 Å². The summed E-state index contributed by atoms with van der Waals surface area (Å²) >= 11 is 1.53. The van der Waals surface area contributed by atoms with Gasteiger partial charge < -0.3 is 10.2 Å². The third-order valence-electron chi connectivity index (χ3n) is 3.15. The summed E-state index contributed by atoms with van der Waals surface area (Å²) < 4.78 is 4.29. The van der Waals surface area contributed by atoms with Gasteiger partial charge in [0.15, 0.2) is 0 Å². The Morgan fingerprint density at radius 1 is 1.47 bits per heavy atom. The summed E-state index contributed by atoms with van der Waals surface area (Å²) in [6, 6.07) is 1.13. The highest BCUT2D eigenvalue weighted by atomic mass is 32.1. The Hall–Kier alpha value is -0.680. The number of hydrogen-bond acceptors (Lipinski definition) is 5. The predicted molar refractivity (Wildman–Crippen MR) is 72.8 cm³/mol. The zero-order valence-corrected chi connectivity index (χ0v) is 11.8. The van der Waals surface area contributed by atoms with Crippen LogP contribution in [0.15, 0.2) is 0 Å². The number of nitrogens with one attached hydrogen (secondary N) is 1. The lowest BCUT2D eigenvalue weighted by molar-refractivity contribution is 0.421. The quantitative estimate of drug-likeness (QED) is 0.894. The fourth-order valence-electron chi connectivity index (χ4n) is 2.24. The second kappa shape index (κ2) is 5.78. The Labute approximate surface area is 108 Å². The van der Waals surface area contributed by atoms with Gasteiger partial charge in [-0.3, -0.25) is 0 Å². The molecule has 1 fully saturated rings. The summed E-state index contributed by atoms with van der Waals surface area (Å²) in [6.07, 6.45) is 3.87. The Morgan fingerprint density at radius 2 is 2.29 bits per heavy atom. The third kappa shape index (κ3) is 3.39. The van der Waals surface area contributed by atoms with Gasteiger partial charge in [-0.25, -0.2) is 4.98 Å². The van der Waals surface area contributed by atoms with E-state index in [-0.39, 0.29) is 0 Å². The average Bonchev–Trinajstić information content (AvgIpc) is 2.73. The Morgan fingerprint density at radius 3 is 2.94 bits per heavy atom. The van der Waals surface area contributed by atoms with Gasteiger partial charge in [-0.05, 0) is 26.2 Å². The van der Waals surface area contributed by atoms with E-state index in [4.69, 9.17) is 0 Å². The first-order valence-electron chi connectivity index (χ1n) is 6.47. The lowest BCUT2D eigenvalue weighted by Crippen LogP contribution is -2.46. The summed E-state index contributed by atoms with van der Waals surface area (Å²) in [5.41, 5.74) is 0. The summed E-state index contributed by atoms with van der Waals surface area (Å²) in [5.74, 6) is 0.895. The van der Waals surface area contributed by atoms with Gasteiger partial charge >= 0.3 is 0 Å². The van der Waals surface area contributed by atoms with Crippen LogP contribution in [0.1, 0.15) is 38.9 Å². The molecular weight excluding hydrogens is 232 g/mol. The second-order valence-electron chi connectivity index (χ2n) is 5.03. The van der Waals surface area contributed by atoms with Gasteiger partial charge in [0.1, 0.15) is 5.82 Å². The maximum atomic E-state index is 4.52. The van der Waals surface area contributed by atoms with Gasteiger partial charge in [0.25, 0.3) is 0 Å². The van der Waals surface area contributed by atoms with E-state index in [0.29, 0.717) is 12.1 Å². The lowest BCUT2D eigenvalue weighted by Gasteiger charge is -2.35. The normalized spacial score (nSPS) is 21.2. The van der Waals surface area contributed by atoms with Crippen LogP contribution >= 0.6 is 11.5 Å². The highest BCUT2D eigenvalue weighted by Crippen LogP contribution is 2.25. The molecule has 0 aromatic carbocycles. The van der Waals surface area contributed by atoms with Crippen molar-refractivity contribution in [3.05, 3.63) is 5.82 Å². The van der Waals surface area contributed by atoms with Gasteiger partial charge in [0.2, 0.25) is 5.13 Å². The van der Waals surface area contributed by atoms with Crippen molar-refractivity contribution in [2.24, 2.45) is 0 Å². The molecule has 0 saturated carbocycles. The maximum absolute atomic E-state index is 4.52. The molecule has 17 heavy (non-hydrogen) atoms. The minimum Gasteiger partial charge on any atom is -0.343 e. The number of piperidine rings is 1. The molecule has 1 aromatic heterocycles. The SMILES string of the molecule is Cc1nsc(N2CCCCC2CNC(C)C)n1. The van der Waals surface area contributed by atoms with Crippen LogP contribution in [-0.4, -0.2) is 34.5 Å². The maximum Gasteiger partial charge on any atom is 0.205 e. The Kier molecular flexibility index (Phi) is 4.34. The molecule has 0 aliphatic carbocycles. The number of anilines is 1. The van der Waals surface area contributed by atoms with E-state index in [2.05, 4.69) is 33.4 Å².